The smallest absolute Gasteiger partial charge is 0.410 e. The highest BCUT2D eigenvalue weighted by molar-refractivity contribution is 5.68. The number of pyridine rings is 1. The summed E-state index contributed by atoms with van der Waals surface area (Å²) < 4.78 is 11.0. The molecule has 0 aliphatic rings. The van der Waals surface area contributed by atoms with Crippen LogP contribution >= 0.6 is 0 Å². The number of amides is 1. The first-order valence-electron chi connectivity index (χ1n) is 7.40. The molecule has 0 atom stereocenters. The molecule has 0 bridgehead atoms. The quantitative estimate of drug-likeness (QED) is 0.808. The first-order valence-corrected chi connectivity index (χ1v) is 7.40. The average molecular weight is 294 g/mol. The second-order valence-electron chi connectivity index (χ2n) is 5.79. The number of hydrogen-bond acceptors (Lipinski definition) is 4. The summed E-state index contributed by atoms with van der Waals surface area (Å²) in [7, 11) is 0. The Hall–Kier alpha value is -1.78. The van der Waals surface area contributed by atoms with Gasteiger partial charge in [0, 0.05) is 12.7 Å². The molecule has 1 rings (SSSR count). The van der Waals surface area contributed by atoms with Crippen molar-refractivity contribution in [1.82, 2.24) is 9.88 Å². The fourth-order valence-electron chi connectivity index (χ4n) is 1.71. The van der Waals surface area contributed by atoms with Crippen molar-refractivity contribution in [2.45, 2.75) is 46.6 Å². The first kappa shape index (κ1) is 17.3. The molecule has 0 spiro atoms. The van der Waals surface area contributed by atoms with Crippen LogP contribution < -0.4 is 4.74 Å². The molecule has 0 unspecified atom stereocenters. The van der Waals surface area contributed by atoms with Crippen LogP contribution in [0, 0.1) is 0 Å². The normalized spacial score (nSPS) is 11.1. The van der Waals surface area contributed by atoms with Crippen molar-refractivity contribution in [3.8, 4) is 5.75 Å². The summed E-state index contributed by atoms with van der Waals surface area (Å²) in [5, 5.41) is 0. The van der Waals surface area contributed by atoms with E-state index in [9.17, 15) is 4.79 Å². The highest BCUT2D eigenvalue weighted by Gasteiger charge is 2.20. The van der Waals surface area contributed by atoms with Crippen molar-refractivity contribution < 1.29 is 14.3 Å². The van der Waals surface area contributed by atoms with Crippen LogP contribution in [0.4, 0.5) is 4.79 Å². The van der Waals surface area contributed by atoms with E-state index < -0.39 is 5.60 Å². The van der Waals surface area contributed by atoms with E-state index in [4.69, 9.17) is 9.47 Å². The molecule has 0 fully saturated rings. The van der Waals surface area contributed by atoms with Gasteiger partial charge in [0.15, 0.2) is 0 Å². The topological polar surface area (TPSA) is 51.7 Å². The average Bonchev–Trinajstić information content (AvgIpc) is 2.42. The van der Waals surface area contributed by atoms with E-state index in [1.165, 1.54) is 0 Å². The highest BCUT2D eigenvalue weighted by Crippen LogP contribution is 2.12. The van der Waals surface area contributed by atoms with E-state index >= 15 is 0 Å². The number of likely N-dealkylation sites (N-methyl/N-ethyl adjacent to an activating group) is 1. The van der Waals surface area contributed by atoms with Gasteiger partial charge in [-0.15, -0.1) is 0 Å². The molecule has 0 saturated heterocycles. The van der Waals surface area contributed by atoms with E-state index in [0.717, 1.165) is 17.7 Å². The molecule has 1 amide bonds. The van der Waals surface area contributed by atoms with Gasteiger partial charge >= 0.3 is 6.09 Å². The molecular weight excluding hydrogens is 268 g/mol. The summed E-state index contributed by atoms with van der Waals surface area (Å²) in [6.07, 6.45) is 4.12. The molecule has 5 nitrogen and oxygen atoms in total. The molecule has 1 aromatic rings. The second-order valence-corrected chi connectivity index (χ2v) is 5.79. The van der Waals surface area contributed by atoms with Crippen LogP contribution in [-0.2, 0) is 11.2 Å². The van der Waals surface area contributed by atoms with Crippen molar-refractivity contribution >= 4 is 6.09 Å². The Balaban J connectivity index is 2.46. The van der Waals surface area contributed by atoms with E-state index in [1.807, 2.05) is 40.0 Å². The Bertz CT molecular complexity index is 455. The standard InChI is InChI=1S/C16H26N2O3/c1-6-13-10-14(12-17-11-13)20-9-8-18(7-2)15(19)21-16(3,4)5/h10-12H,6-9H2,1-5H3. The number of rotatable bonds is 6. The van der Waals surface area contributed by atoms with E-state index in [0.29, 0.717) is 19.7 Å². The van der Waals surface area contributed by atoms with Crippen LogP contribution in [0.15, 0.2) is 18.5 Å². The van der Waals surface area contributed by atoms with Gasteiger partial charge in [0.05, 0.1) is 12.7 Å². The molecule has 1 heterocycles. The number of aromatic nitrogens is 1. The minimum Gasteiger partial charge on any atom is -0.490 e. The minimum atomic E-state index is -0.481. The van der Waals surface area contributed by atoms with Crippen molar-refractivity contribution in [2.24, 2.45) is 0 Å². The molecule has 0 aliphatic heterocycles. The van der Waals surface area contributed by atoms with Crippen molar-refractivity contribution in [1.29, 1.82) is 0 Å². The predicted octanol–water partition coefficient (Wildman–Crippen LogP) is 3.28. The first-order chi connectivity index (χ1) is 9.85. The fourth-order valence-corrected chi connectivity index (χ4v) is 1.71. The third-order valence-electron chi connectivity index (χ3n) is 2.84. The van der Waals surface area contributed by atoms with Crippen LogP contribution in [0.25, 0.3) is 0 Å². The third kappa shape index (κ3) is 6.47. The maximum absolute atomic E-state index is 12.0. The molecule has 118 valence electrons. The number of hydrogen-bond donors (Lipinski definition) is 0. The van der Waals surface area contributed by atoms with Gasteiger partial charge in [0.1, 0.15) is 18.0 Å². The van der Waals surface area contributed by atoms with Crippen molar-refractivity contribution in [3.05, 3.63) is 24.0 Å². The maximum Gasteiger partial charge on any atom is 0.410 e. The summed E-state index contributed by atoms with van der Waals surface area (Å²) in [5.41, 5.74) is 0.650. The van der Waals surface area contributed by atoms with Gasteiger partial charge in [-0.2, -0.15) is 0 Å². The lowest BCUT2D eigenvalue weighted by atomic mass is 10.2. The van der Waals surface area contributed by atoms with Gasteiger partial charge in [-0.25, -0.2) is 4.79 Å². The Morgan fingerprint density at radius 2 is 2.00 bits per heavy atom. The lowest BCUT2D eigenvalue weighted by Gasteiger charge is -2.26. The molecule has 0 N–H and O–H groups in total. The highest BCUT2D eigenvalue weighted by atomic mass is 16.6. The summed E-state index contributed by atoms with van der Waals surface area (Å²) in [6, 6.07) is 1.97. The van der Waals surface area contributed by atoms with E-state index in [1.54, 1.807) is 11.1 Å². The van der Waals surface area contributed by atoms with Gasteiger partial charge in [-0.05, 0) is 45.7 Å². The Morgan fingerprint density at radius 1 is 1.29 bits per heavy atom. The van der Waals surface area contributed by atoms with Crippen LogP contribution in [-0.4, -0.2) is 41.3 Å². The van der Waals surface area contributed by atoms with Crippen molar-refractivity contribution in [3.63, 3.8) is 0 Å². The van der Waals surface area contributed by atoms with Gasteiger partial charge in [-0.3, -0.25) is 4.98 Å². The molecule has 0 saturated carbocycles. The fraction of sp³-hybridized carbons (Fsp3) is 0.625. The summed E-state index contributed by atoms with van der Waals surface area (Å²) in [4.78, 5) is 17.7. The van der Waals surface area contributed by atoms with Crippen molar-refractivity contribution in [2.75, 3.05) is 19.7 Å². The number of aryl methyl sites for hydroxylation is 1. The number of nitrogens with zero attached hydrogens (tertiary/aromatic N) is 2. The number of carbonyl (C=O) groups excluding carboxylic acids is 1. The van der Waals surface area contributed by atoms with Gasteiger partial charge in [0.2, 0.25) is 0 Å². The summed E-state index contributed by atoms with van der Waals surface area (Å²) in [6.45, 7) is 11.1. The monoisotopic (exact) mass is 294 g/mol. The molecular formula is C16H26N2O3. The maximum atomic E-state index is 12.0. The van der Waals surface area contributed by atoms with Crippen LogP contribution in [0.5, 0.6) is 5.75 Å². The summed E-state index contributed by atoms with van der Waals surface area (Å²) in [5.74, 6) is 0.731. The Morgan fingerprint density at radius 3 is 2.57 bits per heavy atom. The Labute approximate surface area is 127 Å². The number of ether oxygens (including phenoxy) is 2. The predicted molar refractivity (Wildman–Crippen MR) is 82.6 cm³/mol. The molecule has 5 heteroatoms. The zero-order chi connectivity index (χ0) is 15.9. The Kier molecular flexibility index (Phi) is 6.46. The molecule has 0 aromatic carbocycles. The van der Waals surface area contributed by atoms with Crippen LogP contribution in [0.2, 0.25) is 0 Å². The molecule has 1 aromatic heterocycles. The van der Waals surface area contributed by atoms with Crippen LogP contribution in [0.3, 0.4) is 0 Å². The zero-order valence-electron chi connectivity index (χ0n) is 13.7. The van der Waals surface area contributed by atoms with Gasteiger partial charge in [-0.1, -0.05) is 6.92 Å². The minimum absolute atomic E-state index is 0.311. The molecule has 0 radical (unpaired) electrons. The summed E-state index contributed by atoms with van der Waals surface area (Å²) >= 11 is 0. The molecule has 0 aliphatic carbocycles. The zero-order valence-corrected chi connectivity index (χ0v) is 13.7. The number of carbonyl (C=O) groups is 1. The SMILES string of the molecule is CCc1cncc(OCCN(CC)C(=O)OC(C)(C)C)c1. The van der Waals surface area contributed by atoms with Crippen LogP contribution in [0.1, 0.15) is 40.2 Å². The second kappa shape index (κ2) is 7.86. The third-order valence-corrected chi connectivity index (χ3v) is 2.84. The lowest BCUT2D eigenvalue weighted by Crippen LogP contribution is -2.38. The van der Waals surface area contributed by atoms with Gasteiger partial charge in [0.25, 0.3) is 0 Å². The largest absolute Gasteiger partial charge is 0.490 e. The van der Waals surface area contributed by atoms with Gasteiger partial charge < -0.3 is 14.4 Å². The van der Waals surface area contributed by atoms with E-state index in [-0.39, 0.29) is 6.09 Å². The lowest BCUT2D eigenvalue weighted by molar-refractivity contribution is 0.0237. The molecule has 21 heavy (non-hydrogen) atoms. The van der Waals surface area contributed by atoms with E-state index in [2.05, 4.69) is 11.9 Å².